The number of hydrogen-bond donors (Lipinski definition) is 0. The van der Waals surface area contributed by atoms with E-state index in [2.05, 4.69) is 16.5 Å². The molecule has 0 unspecified atom stereocenters. The van der Waals surface area contributed by atoms with E-state index < -0.39 is 0 Å². The van der Waals surface area contributed by atoms with Gasteiger partial charge in [0.25, 0.3) is 0 Å². The number of aromatic nitrogens is 2. The number of anilines is 2. The van der Waals surface area contributed by atoms with E-state index in [1.165, 1.54) is 24.0 Å². The molecule has 0 saturated carbocycles. The highest BCUT2D eigenvalue weighted by Crippen LogP contribution is 2.28. The molecule has 1 amide bonds. The molecular weight excluding hydrogens is 345 g/mol. The van der Waals surface area contributed by atoms with Crippen molar-refractivity contribution >= 4 is 23.0 Å². The average Bonchev–Trinajstić information content (AvgIpc) is 2.65. The number of rotatable bonds is 5. The van der Waals surface area contributed by atoms with Gasteiger partial charge >= 0.3 is 0 Å². The van der Waals surface area contributed by atoms with Crippen LogP contribution >= 0.6 is 0 Å². The number of ether oxygens (including phenoxy) is 1. The standard InChI is InChI=1S/C21H18FN3O2/c1-14(2)21-23-13-12-20(24-21)25(15(3)26)17-6-10-19(11-7-17)27-18-8-4-16(22)5-9-18/h4-13H,1H2,2-3H3. The maximum Gasteiger partial charge on any atom is 0.229 e. The summed E-state index contributed by atoms with van der Waals surface area (Å²) in [5.41, 5.74) is 1.35. The summed E-state index contributed by atoms with van der Waals surface area (Å²) < 4.78 is 18.7. The Kier molecular flexibility index (Phi) is 5.26. The summed E-state index contributed by atoms with van der Waals surface area (Å²) >= 11 is 0. The molecule has 0 bridgehead atoms. The first-order chi connectivity index (χ1) is 12.9. The smallest absolute Gasteiger partial charge is 0.229 e. The zero-order valence-corrected chi connectivity index (χ0v) is 15.0. The first-order valence-electron chi connectivity index (χ1n) is 8.27. The van der Waals surface area contributed by atoms with E-state index in [1.807, 2.05) is 0 Å². The lowest BCUT2D eigenvalue weighted by atomic mass is 10.2. The number of nitrogens with zero attached hydrogens (tertiary/aromatic N) is 3. The summed E-state index contributed by atoms with van der Waals surface area (Å²) in [6, 6.07) is 14.4. The lowest BCUT2D eigenvalue weighted by Gasteiger charge is -2.21. The molecular formula is C21H18FN3O2. The van der Waals surface area contributed by atoms with E-state index in [4.69, 9.17) is 4.74 Å². The molecule has 1 heterocycles. The van der Waals surface area contributed by atoms with Crippen molar-refractivity contribution in [3.63, 3.8) is 0 Å². The van der Waals surface area contributed by atoms with Crippen molar-refractivity contribution in [2.24, 2.45) is 0 Å². The Morgan fingerprint density at radius 1 is 1.00 bits per heavy atom. The molecule has 0 N–H and O–H groups in total. The number of carbonyl (C=O) groups excluding carboxylic acids is 1. The van der Waals surface area contributed by atoms with E-state index in [0.29, 0.717) is 34.4 Å². The third-order valence-corrected chi connectivity index (χ3v) is 3.71. The number of carbonyl (C=O) groups is 1. The van der Waals surface area contributed by atoms with Crippen molar-refractivity contribution in [3.05, 3.63) is 79.0 Å². The highest BCUT2D eigenvalue weighted by molar-refractivity contribution is 5.98. The van der Waals surface area contributed by atoms with Crippen LogP contribution in [0.3, 0.4) is 0 Å². The summed E-state index contributed by atoms with van der Waals surface area (Å²) in [6.07, 6.45) is 1.59. The molecule has 3 rings (SSSR count). The molecule has 0 spiro atoms. The molecule has 0 aliphatic carbocycles. The predicted octanol–water partition coefficient (Wildman–Crippen LogP) is 5.13. The molecule has 0 aliphatic rings. The Morgan fingerprint density at radius 2 is 1.59 bits per heavy atom. The van der Waals surface area contributed by atoms with Crippen LogP contribution in [-0.2, 0) is 4.79 Å². The Balaban J connectivity index is 1.86. The zero-order valence-electron chi connectivity index (χ0n) is 15.0. The fraction of sp³-hybridized carbons (Fsp3) is 0.0952. The fourth-order valence-electron chi connectivity index (χ4n) is 2.46. The topological polar surface area (TPSA) is 55.3 Å². The Bertz CT molecular complexity index is 969. The van der Waals surface area contributed by atoms with Gasteiger partial charge in [-0.3, -0.25) is 9.69 Å². The third kappa shape index (κ3) is 4.36. The maximum atomic E-state index is 13.0. The Morgan fingerprint density at radius 3 is 2.15 bits per heavy atom. The molecule has 0 saturated heterocycles. The highest BCUT2D eigenvalue weighted by Gasteiger charge is 2.16. The molecule has 2 aromatic carbocycles. The molecule has 0 fully saturated rings. The van der Waals surface area contributed by atoms with Crippen LogP contribution in [0.25, 0.3) is 5.57 Å². The number of amides is 1. The normalized spacial score (nSPS) is 10.3. The molecule has 5 nitrogen and oxygen atoms in total. The van der Waals surface area contributed by atoms with Gasteiger partial charge < -0.3 is 4.74 Å². The van der Waals surface area contributed by atoms with Crippen molar-refractivity contribution in [2.75, 3.05) is 4.90 Å². The number of halogens is 1. The van der Waals surface area contributed by atoms with Crippen molar-refractivity contribution in [1.29, 1.82) is 0 Å². The highest BCUT2D eigenvalue weighted by atomic mass is 19.1. The largest absolute Gasteiger partial charge is 0.457 e. The van der Waals surface area contributed by atoms with Gasteiger partial charge in [0, 0.05) is 13.1 Å². The van der Waals surface area contributed by atoms with Crippen molar-refractivity contribution < 1.29 is 13.9 Å². The van der Waals surface area contributed by atoms with Crippen LogP contribution in [0.5, 0.6) is 11.5 Å². The van der Waals surface area contributed by atoms with Gasteiger partial charge in [0.05, 0.1) is 5.69 Å². The quantitative estimate of drug-likeness (QED) is 0.631. The molecule has 0 radical (unpaired) electrons. The minimum atomic E-state index is -0.325. The van der Waals surface area contributed by atoms with E-state index in [0.717, 1.165) is 0 Å². The summed E-state index contributed by atoms with van der Waals surface area (Å²) in [4.78, 5) is 22.2. The summed E-state index contributed by atoms with van der Waals surface area (Å²) in [7, 11) is 0. The summed E-state index contributed by atoms with van der Waals surface area (Å²) in [5, 5.41) is 0. The maximum absolute atomic E-state index is 13.0. The number of hydrogen-bond acceptors (Lipinski definition) is 4. The van der Waals surface area contributed by atoms with Gasteiger partial charge in [-0.15, -0.1) is 0 Å². The van der Waals surface area contributed by atoms with E-state index in [1.54, 1.807) is 55.6 Å². The first kappa shape index (κ1) is 18.3. The second-order valence-corrected chi connectivity index (χ2v) is 5.92. The van der Waals surface area contributed by atoms with Crippen molar-refractivity contribution in [2.45, 2.75) is 13.8 Å². The van der Waals surface area contributed by atoms with Gasteiger partial charge in [0.2, 0.25) is 5.91 Å². The average molecular weight is 363 g/mol. The van der Waals surface area contributed by atoms with Crippen LogP contribution in [-0.4, -0.2) is 15.9 Å². The van der Waals surface area contributed by atoms with E-state index in [-0.39, 0.29) is 11.7 Å². The first-order valence-corrected chi connectivity index (χ1v) is 8.27. The third-order valence-electron chi connectivity index (χ3n) is 3.71. The zero-order chi connectivity index (χ0) is 19.4. The molecule has 6 heteroatoms. The molecule has 136 valence electrons. The summed E-state index contributed by atoms with van der Waals surface area (Å²) in [6.45, 7) is 7.10. The number of benzene rings is 2. The van der Waals surface area contributed by atoms with Gasteiger partial charge in [-0.2, -0.15) is 0 Å². The monoisotopic (exact) mass is 363 g/mol. The van der Waals surface area contributed by atoms with Gasteiger partial charge in [-0.25, -0.2) is 14.4 Å². The molecule has 0 atom stereocenters. The van der Waals surface area contributed by atoms with Gasteiger partial charge in [-0.1, -0.05) is 6.58 Å². The van der Waals surface area contributed by atoms with E-state index in [9.17, 15) is 9.18 Å². The Hall–Kier alpha value is -3.54. The lowest BCUT2D eigenvalue weighted by molar-refractivity contribution is -0.115. The second kappa shape index (κ2) is 7.78. The lowest BCUT2D eigenvalue weighted by Crippen LogP contribution is -2.24. The minimum Gasteiger partial charge on any atom is -0.457 e. The SMILES string of the molecule is C=C(C)c1nccc(N(C(C)=O)c2ccc(Oc3ccc(F)cc3)cc2)n1. The second-order valence-electron chi connectivity index (χ2n) is 5.92. The van der Waals surface area contributed by atoms with Gasteiger partial charge in [0.15, 0.2) is 5.82 Å². The van der Waals surface area contributed by atoms with E-state index >= 15 is 0 Å². The van der Waals surface area contributed by atoms with Gasteiger partial charge in [-0.05, 0) is 67.1 Å². The molecule has 1 aromatic heterocycles. The van der Waals surface area contributed by atoms with Crippen LogP contribution in [0.1, 0.15) is 19.7 Å². The molecule has 27 heavy (non-hydrogen) atoms. The van der Waals surface area contributed by atoms with Crippen molar-refractivity contribution in [1.82, 2.24) is 9.97 Å². The predicted molar refractivity (Wildman–Crippen MR) is 102 cm³/mol. The molecule has 0 aliphatic heterocycles. The van der Waals surface area contributed by atoms with Crippen molar-refractivity contribution in [3.8, 4) is 11.5 Å². The van der Waals surface area contributed by atoms with Crippen LogP contribution < -0.4 is 9.64 Å². The summed E-state index contributed by atoms with van der Waals surface area (Å²) in [5.74, 6) is 1.52. The van der Waals surface area contributed by atoms with Gasteiger partial charge in [0.1, 0.15) is 23.1 Å². The fourth-order valence-corrected chi connectivity index (χ4v) is 2.46. The Labute approximate surface area is 156 Å². The van der Waals surface area contributed by atoms with Crippen LogP contribution in [0.2, 0.25) is 0 Å². The number of allylic oxidation sites excluding steroid dienone is 1. The van der Waals surface area contributed by atoms with Crippen LogP contribution in [0.4, 0.5) is 15.9 Å². The molecule has 3 aromatic rings. The van der Waals surface area contributed by atoms with Crippen LogP contribution in [0.15, 0.2) is 67.4 Å². The minimum absolute atomic E-state index is 0.187. The van der Waals surface area contributed by atoms with Crippen LogP contribution in [0, 0.1) is 5.82 Å².